The number of hydrogen-bond acceptors (Lipinski definition) is 8. The van der Waals surface area contributed by atoms with E-state index in [-0.39, 0.29) is 5.91 Å². The Morgan fingerprint density at radius 1 is 1.07 bits per heavy atom. The number of nitrogens with zero attached hydrogens (tertiary/aromatic N) is 6. The first-order chi connectivity index (χ1) is 14.2. The van der Waals surface area contributed by atoms with Gasteiger partial charge in [0, 0.05) is 50.2 Å². The molecule has 0 saturated carbocycles. The van der Waals surface area contributed by atoms with Gasteiger partial charge in [-0.05, 0) is 30.3 Å². The molecule has 29 heavy (non-hydrogen) atoms. The highest BCUT2D eigenvalue weighted by atomic mass is 16.5. The van der Waals surface area contributed by atoms with Crippen LogP contribution in [0.4, 0.5) is 17.3 Å². The number of rotatable bonds is 5. The number of piperazine rings is 1. The molecular weight excluding hydrogens is 370 g/mol. The van der Waals surface area contributed by atoms with E-state index in [0.717, 1.165) is 11.5 Å². The van der Waals surface area contributed by atoms with Crippen molar-refractivity contribution in [1.29, 1.82) is 0 Å². The fourth-order valence-corrected chi connectivity index (χ4v) is 3.12. The predicted octanol–water partition coefficient (Wildman–Crippen LogP) is 1.98. The molecule has 3 aromatic heterocycles. The number of methoxy groups -OCH3 is 1. The number of nitrogens with one attached hydrogen (secondary N) is 1. The summed E-state index contributed by atoms with van der Waals surface area (Å²) in [7, 11) is 1.54. The van der Waals surface area contributed by atoms with Crippen LogP contribution in [0.3, 0.4) is 0 Å². The van der Waals surface area contributed by atoms with Crippen molar-refractivity contribution in [3.63, 3.8) is 0 Å². The Balaban J connectivity index is 1.35. The second-order valence-electron chi connectivity index (χ2n) is 6.51. The number of carbonyl (C=O) groups is 1. The van der Waals surface area contributed by atoms with Gasteiger partial charge in [-0.3, -0.25) is 9.78 Å². The lowest BCUT2D eigenvalue weighted by molar-refractivity contribution is 0.0746. The van der Waals surface area contributed by atoms with Crippen molar-refractivity contribution in [3.8, 4) is 5.88 Å². The highest BCUT2D eigenvalue weighted by Gasteiger charge is 2.23. The highest BCUT2D eigenvalue weighted by Crippen LogP contribution is 2.18. The van der Waals surface area contributed by atoms with Gasteiger partial charge in [-0.15, -0.1) is 10.2 Å². The largest absolute Gasteiger partial charge is 0.481 e. The molecule has 0 spiro atoms. The van der Waals surface area contributed by atoms with Crippen molar-refractivity contribution in [2.45, 2.75) is 0 Å². The normalized spacial score (nSPS) is 13.8. The Morgan fingerprint density at radius 2 is 1.93 bits per heavy atom. The van der Waals surface area contributed by atoms with Crippen LogP contribution >= 0.6 is 0 Å². The quantitative estimate of drug-likeness (QED) is 0.705. The molecule has 0 aliphatic carbocycles. The second-order valence-corrected chi connectivity index (χ2v) is 6.51. The zero-order valence-corrected chi connectivity index (χ0v) is 16.0. The number of aromatic nitrogens is 4. The van der Waals surface area contributed by atoms with Crippen molar-refractivity contribution in [3.05, 3.63) is 60.6 Å². The van der Waals surface area contributed by atoms with Gasteiger partial charge in [-0.25, -0.2) is 4.98 Å². The molecule has 4 heterocycles. The first-order valence-corrected chi connectivity index (χ1v) is 9.28. The van der Waals surface area contributed by atoms with E-state index in [1.54, 1.807) is 30.7 Å². The molecule has 0 atom stereocenters. The number of anilines is 3. The number of pyridine rings is 2. The number of ether oxygens (including phenoxy) is 1. The third-order valence-electron chi connectivity index (χ3n) is 4.67. The first kappa shape index (κ1) is 18.6. The number of carbonyl (C=O) groups excluding carboxylic acids is 1. The van der Waals surface area contributed by atoms with Gasteiger partial charge >= 0.3 is 0 Å². The summed E-state index contributed by atoms with van der Waals surface area (Å²) in [6.45, 7) is 2.61. The molecule has 3 aromatic rings. The van der Waals surface area contributed by atoms with Gasteiger partial charge in [0.25, 0.3) is 5.91 Å². The lowest BCUT2D eigenvalue weighted by Crippen LogP contribution is -2.49. The molecule has 0 aromatic carbocycles. The van der Waals surface area contributed by atoms with Crippen LogP contribution in [-0.4, -0.2) is 64.3 Å². The molecule has 1 amide bonds. The lowest BCUT2D eigenvalue weighted by Gasteiger charge is -2.35. The number of hydrogen-bond donors (Lipinski definition) is 1. The fourth-order valence-electron chi connectivity index (χ4n) is 3.12. The zero-order chi connectivity index (χ0) is 20.1. The van der Waals surface area contributed by atoms with Gasteiger partial charge in [0.1, 0.15) is 0 Å². The summed E-state index contributed by atoms with van der Waals surface area (Å²) in [5.41, 5.74) is 1.44. The fraction of sp³-hybridized carbons (Fsp3) is 0.250. The average molecular weight is 391 g/mol. The standard InChI is InChI=1S/C20H21N7O2/c1-29-19-13-15(6-8-22-19)20(28)27-11-9-26(10-12-27)18-5-4-17(24-25-18)23-16-3-2-7-21-14-16/h2-8,13-14H,9-12H2,1H3,(H,23,24). The van der Waals surface area contributed by atoms with E-state index in [4.69, 9.17) is 4.74 Å². The Kier molecular flexibility index (Phi) is 5.46. The van der Waals surface area contributed by atoms with Crippen LogP contribution in [0, 0.1) is 0 Å². The van der Waals surface area contributed by atoms with Gasteiger partial charge < -0.3 is 19.9 Å². The van der Waals surface area contributed by atoms with Gasteiger partial charge in [0.2, 0.25) is 5.88 Å². The predicted molar refractivity (Wildman–Crippen MR) is 108 cm³/mol. The monoisotopic (exact) mass is 391 g/mol. The SMILES string of the molecule is COc1cc(C(=O)N2CCN(c3ccc(Nc4cccnc4)nn3)CC2)ccn1. The summed E-state index contributed by atoms with van der Waals surface area (Å²) < 4.78 is 5.10. The summed E-state index contributed by atoms with van der Waals surface area (Å²) in [4.78, 5) is 24.8. The second kappa shape index (κ2) is 8.51. The number of amides is 1. The van der Waals surface area contributed by atoms with Crippen molar-refractivity contribution in [2.75, 3.05) is 43.5 Å². The van der Waals surface area contributed by atoms with Gasteiger partial charge in [-0.1, -0.05) is 0 Å². The van der Waals surface area contributed by atoms with Crippen LogP contribution in [0.5, 0.6) is 5.88 Å². The molecule has 0 unspecified atom stereocenters. The minimum absolute atomic E-state index is 0.0209. The topological polar surface area (TPSA) is 96.4 Å². The smallest absolute Gasteiger partial charge is 0.254 e. The Morgan fingerprint density at radius 3 is 2.62 bits per heavy atom. The Hall–Kier alpha value is -3.75. The van der Waals surface area contributed by atoms with E-state index in [2.05, 4.69) is 30.4 Å². The summed E-state index contributed by atoms with van der Waals surface area (Å²) >= 11 is 0. The highest BCUT2D eigenvalue weighted by molar-refractivity contribution is 5.94. The summed E-state index contributed by atoms with van der Waals surface area (Å²) in [5.74, 6) is 1.86. The molecule has 0 radical (unpaired) electrons. The van der Waals surface area contributed by atoms with Crippen LogP contribution in [0.15, 0.2) is 55.0 Å². The van der Waals surface area contributed by atoms with E-state index < -0.39 is 0 Å². The van der Waals surface area contributed by atoms with Crippen LogP contribution in [0.25, 0.3) is 0 Å². The molecule has 1 fully saturated rings. The average Bonchev–Trinajstić information content (AvgIpc) is 2.80. The maximum absolute atomic E-state index is 12.7. The maximum atomic E-state index is 12.7. The lowest BCUT2D eigenvalue weighted by atomic mass is 10.2. The van der Waals surface area contributed by atoms with Crippen LogP contribution < -0.4 is 15.0 Å². The van der Waals surface area contributed by atoms with Crippen LogP contribution in [-0.2, 0) is 0 Å². The minimum atomic E-state index is -0.0209. The van der Waals surface area contributed by atoms with E-state index in [1.807, 2.05) is 29.2 Å². The van der Waals surface area contributed by atoms with Gasteiger partial charge in [0.15, 0.2) is 11.6 Å². The molecular formula is C20H21N7O2. The summed E-state index contributed by atoms with van der Waals surface area (Å²) in [5, 5.41) is 11.7. The molecule has 9 nitrogen and oxygen atoms in total. The van der Waals surface area contributed by atoms with Crippen LogP contribution in [0.1, 0.15) is 10.4 Å². The molecule has 0 bridgehead atoms. The molecule has 1 N–H and O–H groups in total. The molecule has 1 saturated heterocycles. The van der Waals surface area contributed by atoms with E-state index >= 15 is 0 Å². The van der Waals surface area contributed by atoms with Gasteiger partial charge in [-0.2, -0.15) is 0 Å². The van der Waals surface area contributed by atoms with E-state index in [9.17, 15) is 4.79 Å². The van der Waals surface area contributed by atoms with Crippen molar-refractivity contribution >= 4 is 23.2 Å². The molecule has 9 heteroatoms. The van der Waals surface area contributed by atoms with E-state index in [1.165, 1.54) is 7.11 Å². The van der Waals surface area contributed by atoms with Crippen LogP contribution in [0.2, 0.25) is 0 Å². The molecule has 1 aliphatic heterocycles. The third-order valence-corrected chi connectivity index (χ3v) is 4.67. The Bertz CT molecular complexity index is 958. The summed E-state index contributed by atoms with van der Waals surface area (Å²) in [6.07, 6.45) is 5.03. The van der Waals surface area contributed by atoms with E-state index in [0.29, 0.717) is 43.4 Å². The van der Waals surface area contributed by atoms with Crippen molar-refractivity contribution in [1.82, 2.24) is 25.1 Å². The minimum Gasteiger partial charge on any atom is -0.481 e. The molecule has 148 valence electrons. The zero-order valence-electron chi connectivity index (χ0n) is 16.0. The van der Waals surface area contributed by atoms with Crippen molar-refractivity contribution in [2.24, 2.45) is 0 Å². The maximum Gasteiger partial charge on any atom is 0.254 e. The third kappa shape index (κ3) is 4.40. The first-order valence-electron chi connectivity index (χ1n) is 9.28. The Labute approximate surface area is 168 Å². The summed E-state index contributed by atoms with van der Waals surface area (Å²) in [6, 6.07) is 10.9. The van der Waals surface area contributed by atoms with Crippen molar-refractivity contribution < 1.29 is 9.53 Å². The van der Waals surface area contributed by atoms with Gasteiger partial charge in [0.05, 0.1) is 19.0 Å². The molecule has 4 rings (SSSR count). The molecule has 1 aliphatic rings.